The van der Waals surface area contributed by atoms with Gasteiger partial charge < -0.3 is 10.1 Å². The summed E-state index contributed by atoms with van der Waals surface area (Å²) in [5.74, 6) is 0. The van der Waals surface area contributed by atoms with E-state index in [4.69, 9.17) is 4.74 Å². The Bertz CT molecular complexity index is 246. The van der Waals surface area contributed by atoms with Crippen LogP contribution in [0.2, 0.25) is 0 Å². The maximum atomic E-state index is 6.42. The summed E-state index contributed by atoms with van der Waals surface area (Å²) in [5, 5.41) is 3.63. The lowest BCUT2D eigenvalue weighted by Gasteiger charge is -2.44. The van der Waals surface area contributed by atoms with Gasteiger partial charge in [-0.05, 0) is 58.4 Å². The zero-order chi connectivity index (χ0) is 13.6. The highest BCUT2D eigenvalue weighted by Crippen LogP contribution is 2.40. The molecule has 2 nitrogen and oxygen atoms in total. The van der Waals surface area contributed by atoms with Crippen molar-refractivity contribution in [2.45, 2.75) is 102 Å². The molecule has 2 aliphatic rings. The number of rotatable bonds is 11. The third-order valence-corrected chi connectivity index (χ3v) is 4.77. The highest BCUT2D eigenvalue weighted by molar-refractivity contribution is 4.92. The highest BCUT2D eigenvalue weighted by atomic mass is 16.5. The van der Waals surface area contributed by atoms with Gasteiger partial charge >= 0.3 is 0 Å². The van der Waals surface area contributed by atoms with Crippen LogP contribution in [-0.4, -0.2) is 24.3 Å². The Labute approximate surface area is 119 Å². The highest BCUT2D eigenvalue weighted by Gasteiger charge is 2.39. The first kappa shape index (κ1) is 15.3. The van der Waals surface area contributed by atoms with Crippen LogP contribution in [0, 0.1) is 0 Å². The molecule has 2 rings (SSSR count). The number of hydrogen-bond acceptors (Lipinski definition) is 2. The van der Waals surface area contributed by atoms with Gasteiger partial charge in [0.25, 0.3) is 0 Å². The first-order valence-corrected chi connectivity index (χ1v) is 8.65. The lowest BCUT2D eigenvalue weighted by atomic mass is 9.77. The Morgan fingerprint density at radius 2 is 2.00 bits per heavy atom. The van der Waals surface area contributed by atoms with Gasteiger partial charge in [-0.3, -0.25) is 0 Å². The van der Waals surface area contributed by atoms with E-state index in [9.17, 15) is 0 Å². The van der Waals surface area contributed by atoms with Crippen LogP contribution in [-0.2, 0) is 4.74 Å². The molecule has 0 saturated heterocycles. The minimum atomic E-state index is 0.242. The Kier molecular flexibility index (Phi) is 6.15. The Morgan fingerprint density at radius 3 is 2.58 bits per heavy atom. The molecule has 0 bridgehead atoms. The third-order valence-electron chi connectivity index (χ3n) is 4.77. The van der Waals surface area contributed by atoms with Crippen molar-refractivity contribution >= 4 is 0 Å². The molecule has 112 valence electrons. The van der Waals surface area contributed by atoms with E-state index in [1.165, 1.54) is 70.6 Å². The smallest absolute Gasteiger partial charge is 0.0698 e. The van der Waals surface area contributed by atoms with Crippen molar-refractivity contribution in [1.29, 1.82) is 0 Å². The van der Waals surface area contributed by atoms with Crippen LogP contribution in [0.5, 0.6) is 0 Å². The summed E-state index contributed by atoms with van der Waals surface area (Å²) in [6.07, 6.45) is 15.1. The molecule has 0 amide bonds. The number of unbranched alkanes of at least 4 members (excludes halogenated alkanes) is 3. The predicted octanol–water partition coefficient (Wildman–Crippen LogP) is 4.43. The van der Waals surface area contributed by atoms with E-state index in [2.05, 4.69) is 19.2 Å². The molecule has 2 fully saturated rings. The van der Waals surface area contributed by atoms with Gasteiger partial charge in [0.15, 0.2) is 0 Å². The average Bonchev–Trinajstić information content (AvgIpc) is 3.15. The lowest BCUT2D eigenvalue weighted by Crippen LogP contribution is -2.45. The summed E-state index contributed by atoms with van der Waals surface area (Å²) < 4.78 is 6.42. The first-order chi connectivity index (χ1) is 9.24. The largest absolute Gasteiger partial charge is 0.372 e. The van der Waals surface area contributed by atoms with Crippen LogP contribution in [0.1, 0.15) is 84.5 Å². The monoisotopic (exact) mass is 267 g/mol. The lowest BCUT2D eigenvalue weighted by molar-refractivity contribution is -0.139. The zero-order valence-electron chi connectivity index (χ0n) is 13.0. The van der Waals surface area contributed by atoms with Gasteiger partial charge in [0.2, 0.25) is 0 Å². The molecule has 0 aromatic carbocycles. The van der Waals surface area contributed by atoms with Gasteiger partial charge in [-0.1, -0.05) is 32.6 Å². The van der Waals surface area contributed by atoms with Crippen molar-refractivity contribution in [3.05, 3.63) is 0 Å². The van der Waals surface area contributed by atoms with E-state index in [1.807, 2.05) is 0 Å². The van der Waals surface area contributed by atoms with Gasteiger partial charge in [-0.25, -0.2) is 0 Å². The van der Waals surface area contributed by atoms with Crippen molar-refractivity contribution in [2.24, 2.45) is 0 Å². The molecule has 19 heavy (non-hydrogen) atoms. The molecular formula is C17H33NO. The van der Waals surface area contributed by atoms with Crippen molar-refractivity contribution < 1.29 is 4.74 Å². The SMILES string of the molecule is CCCCCCC(C)OC1(CCNC2CC2)CCC1. The molecule has 2 saturated carbocycles. The zero-order valence-corrected chi connectivity index (χ0v) is 13.0. The van der Waals surface area contributed by atoms with E-state index >= 15 is 0 Å². The van der Waals surface area contributed by atoms with E-state index < -0.39 is 0 Å². The minimum Gasteiger partial charge on any atom is -0.372 e. The molecule has 1 atom stereocenters. The van der Waals surface area contributed by atoms with E-state index in [0.717, 1.165) is 12.6 Å². The summed E-state index contributed by atoms with van der Waals surface area (Å²) in [4.78, 5) is 0. The predicted molar refractivity (Wildman–Crippen MR) is 81.5 cm³/mol. The molecule has 0 radical (unpaired) electrons. The fraction of sp³-hybridized carbons (Fsp3) is 1.00. The van der Waals surface area contributed by atoms with Crippen LogP contribution < -0.4 is 5.32 Å². The molecule has 1 N–H and O–H groups in total. The van der Waals surface area contributed by atoms with Crippen LogP contribution in [0.3, 0.4) is 0 Å². The maximum Gasteiger partial charge on any atom is 0.0698 e. The topological polar surface area (TPSA) is 21.3 Å². The van der Waals surface area contributed by atoms with Gasteiger partial charge in [0.05, 0.1) is 11.7 Å². The first-order valence-electron chi connectivity index (χ1n) is 8.65. The molecule has 2 heteroatoms. The summed E-state index contributed by atoms with van der Waals surface area (Å²) in [5.41, 5.74) is 0.242. The Morgan fingerprint density at radius 1 is 1.21 bits per heavy atom. The number of ether oxygens (including phenoxy) is 1. The summed E-state index contributed by atoms with van der Waals surface area (Å²) in [6, 6.07) is 0.837. The normalized spacial score (nSPS) is 23.1. The van der Waals surface area contributed by atoms with Gasteiger partial charge in [0, 0.05) is 6.04 Å². The van der Waals surface area contributed by atoms with Gasteiger partial charge in [-0.2, -0.15) is 0 Å². The second-order valence-corrected chi connectivity index (χ2v) is 6.79. The van der Waals surface area contributed by atoms with Crippen molar-refractivity contribution in [1.82, 2.24) is 5.32 Å². The molecule has 0 spiro atoms. The third kappa shape index (κ3) is 5.43. The van der Waals surface area contributed by atoms with Crippen molar-refractivity contribution in [3.8, 4) is 0 Å². The molecular weight excluding hydrogens is 234 g/mol. The fourth-order valence-corrected chi connectivity index (χ4v) is 3.13. The van der Waals surface area contributed by atoms with Gasteiger partial charge in [0.1, 0.15) is 0 Å². The summed E-state index contributed by atoms with van der Waals surface area (Å²) in [6.45, 7) is 5.71. The standard InChI is InChI=1S/C17H33NO/c1-3-4-5-6-8-15(2)19-17(11-7-12-17)13-14-18-16-9-10-16/h15-16,18H,3-14H2,1-2H3. The molecule has 1 unspecified atom stereocenters. The van der Waals surface area contributed by atoms with Gasteiger partial charge in [-0.15, -0.1) is 0 Å². The van der Waals surface area contributed by atoms with E-state index in [1.54, 1.807) is 0 Å². The molecule has 2 aliphatic carbocycles. The number of hydrogen-bond donors (Lipinski definition) is 1. The quantitative estimate of drug-likeness (QED) is 0.559. The molecule has 0 aromatic heterocycles. The van der Waals surface area contributed by atoms with E-state index in [-0.39, 0.29) is 5.60 Å². The average molecular weight is 267 g/mol. The van der Waals surface area contributed by atoms with Crippen molar-refractivity contribution in [3.63, 3.8) is 0 Å². The van der Waals surface area contributed by atoms with E-state index in [0.29, 0.717) is 6.10 Å². The van der Waals surface area contributed by atoms with Crippen LogP contribution >= 0.6 is 0 Å². The molecule has 0 aliphatic heterocycles. The summed E-state index contributed by atoms with van der Waals surface area (Å²) >= 11 is 0. The second kappa shape index (κ2) is 7.64. The van der Waals surface area contributed by atoms with Crippen LogP contribution in [0.25, 0.3) is 0 Å². The minimum absolute atomic E-state index is 0.242. The maximum absolute atomic E-state index is 6.42. The Balaban J connectivity index is 1.59. The van der Waals surface area contributed by atoms with Crippen LogP contribution in [0.15, 0.2) is 0 Å². The molecule has 0 aromatic rings. The number of nitrogens with one attached hydrogen (secondary N) is 1. The Hall–Kier alpha value is -0.0800. The summed E-state index contributed by atoms with van der Waals surface area (Å²) in [7, 11) is 0. The second-order valence-electron chi connectivity index (χ2n) is 6.79. The fourth-order valence-electron chi connectivity index (χ4n) is 3.13. The molecule has 0 heterocycles. The van der Waals surface area contributed by atoms with Crippen molar-refractivity contribution in [2.75, 3.05) is 6.54 Å². The van der Waals surface area contributed by atoms with Crippen LogP contribution in [0.4, 0.5) is 0 Å².